The number of amides is 1. The molecule has 5 nitrogen and oxygen atoms in total. The smallest absolute Gasteiger partial charge is 0.407 e. The van der Waals surface area contributed by atoms with Crippen molar-refractivity contribution in [1.82, 2.24) is 10.2 Å². The Labute approximate surface area is 208 Å². The first-order chi connectivity index (χ1) is 16.8. The van der Waals surface area contributed by atoms with Crippen LogP contribution in [0.4, 0.5) is 9.18 Å². The molecule has 3 fully saturated rings. The fourth-order valence-electron chi connectivity index (χ4n) is 5.98. The van der Waals surface area contributed by atoms with Crippen molar-refractivity contribution in [1.29, 1.82) is 0 Å². The fourth-order valence-corrected chi connectivity index (χ4v) is 5.98. The number of nitrogens with zero attached hydrogens (tertiary/aromatic N) is 1. The lowest BCUT2D eigenvalue weighted by molar-refractivity contribution is -0.0349. The van der Waals surface area contributed by atoms with Gasteiger partial charge in [-0.1, -0.05) is 39.3 Å². The molecule has 3 aliphatic heterocycles. The number of ether oxygens (including phenoxy) is 2. The molecule has 2 atom stereocenters. The molecular weight excluding hydrogens is 443 g/mol. The highest BCUT2D eigenvalue weighted by molar-refractivity contribution is 5.71. The molecule has 6 heteroatoms. The summed E-state index contributed by atoms with van der Waals surface area (Å²) >= 11 is 0. The van der Waals surface area contributed by atoms with Gasteiger partial charge in [0.25, 0.3) is 0 Å². The summed E-state index contributed by atoms with van der Waals surface area (Å²) in [6.07, 6.45) is 4.56. The number of piperidine rings is 3. The van der Waals surface area contributed by atoms with Gasteiger partial charge in [-0.15, -0.1) is 0 Å². The SMILES string of the molecule is CCCCOc1cccc(-c2cc3c(cc2F)[C@H](NC(=O)O[C@H]2CN4CCC2CC4)C(C)(C)C3)c1. The van der Waals surface area contributed by atoms with Crippen molar-refractivity contribution in [3.8, 4) is 16.9 Å². The molecule has 2 aromatic rings. The third-order valence-electron chi connectivity index (χ3n) is 8.00. The summed E-state index contributed by atoms with van der Waals surface area (Å²) in [6.45, 7) is 10.0. The van der Waals surface area contributed by atoms with Gasteiger partial charge in [0.15, 0.2) is 0 Å². The lowest BCUT2D eigenvalue weighted by Gasteiger charge is -2.44. The maximum Gasteiger partial charge on any atom is 0.407 e. The molecule has 35 heavy (non-hydrogen) atoms. The van der Waals surface area contributed by atoms with Crippen molar-refractivity contribution in [3.63, 3.8) is 0 Å². The molecule has 1 N–H and O–H groups in total. The number of alkyl carbamates (subject to hydrolysis) is 1. The Hall–Kier alpha value is -2.60. The van der Waals surface area contributed by atoms with E-state index in [0.29, 0.717) is 18.1 Å². The van der Waals surface area contributed by atoms with Crippen molar-refractivity contribution < 1.29 is 18.7 Å². The van der Waals surface area contributed by atoms with E-state index in [1.54, 1.807) is 6.07 Å². The number of hydrogen-bond acceptors (Lipinski definition) is 4. The number of unbranched alkanes of at least 4 members (excludes halogenated alkanes) is 1. The van der Waals surface area contributed by atoms with Crippen LogP contribution >= 0.6 is 0 Å². The van der Waals surface area contributed by atoms with Crippen LogP contribution in [0.2, 0.25) is 0 Å². The zero-order valence-electron chi connectivity index (χ0n) is 21.1. The predicted octanol–water partition coefficient (Wildman–Crippen LogP) is 6.12. The first kappa shape index (κ1) is 24.1. The highest BCUT2D eigenvalue weighted by Gasteiger charge is 2.42. The molecule has 0 radical (unpaired) electrons. The molecule has 3 heterocycles. The molecule has 2 bridgehead atoms. The van der Waals surface area contributed by atoms with Crippen molar-refractivity contribution in [2.45, 2.75) is 65.0 Å². The first-order valence-electron chi connectivity index (χ1n) is 13.1. The lowest BCUT2D eigenvalue weighted by atomic mass is 9.85. The van der Waals surface area contributed by atoms with Gasteiger partial charge in [-0.05, 0) is 91.1 Å². The van der Waals surface area contributed by atoms with E-state index in [0.717, 1.165) is 74.2 Å². The van der Waals surface area contributed by atoms with Crippen LogP contribution in [0.1, 0.15) is 63.6 Å². The molecular formula is C29H37FN2O3. The zero-order chi connectivity index (χ0) is 24.6. The third-order valence-corrected chi connectivity index (χ3v) is 8.00. The van der Waals surface area contributed by atoms with E-state index in [2.05, 4.69) is 31.0 Å². The molecule has 6 rings (SSSR count). The van der Waals surface area contributed by atoms with Gasteiger partial charge in [-0.2, -0.15) is 0 Å². The molecule has 4 aliphatic rings. The summed E-state index contributed by atoms with van der Waals surface area (Å²) in [5, 5.41) is 3.09. The number of benzene rings is 2. The molecule has 0 saturated carbocycles. The minimum absolute atomic E-state index is 0.0487. The number of carbonyl (C=O) groups excluding carboxylic acids is 1. The number of hydrogen-bond donors (Lipinski definition) is 1. The Morgan fingerprint density at radius 1 is 1.20 bits per heavy atom. The van der Waals surface area contributed by atoms with E-state index in [-0.39, 0.29) is 23.4 Å². The van der Waals surface area contributed by atoms with E-state index in [9.17, 15) is 4.79 Å². The van der Waals surface area contributed by atoms with Crippen LogP contribution < -0.4 is 10.1 Å². The second-order valence-corrected chi connectivity index (χ2v) is 11.1. The van der Waals surface area contributed by atoms with E-state index >= 15 is 4.39 Å². The van der Waals surface area contributed by atoms with Gasteiger partial charge in [0.05, 0.1) is 12.6 Å². The van der Waals surface area contributed by atoms with Gasteiger partial charge in [0.2, 0.25) is 0 Å². The van der Waals surface area contributed by atoms with Crippen molar-refractivity contribution in [2.75, 3.05) is 26.2 Å². The second-order valence-electron chi connectivity index (χ2n) is 11.1. The second kappa shape index (κ2) is 9.81. The summed E-state index contributed by atoms with van der Waals surface area (Å²) in [6, 6.07) is 10.9. The van der Waals surface area contributed by atoms with E-state index in [4.69, 9.17) is 9.47 Å². The Kier molecular flexibility index (Phi) is 6.75. The van der Waals surface area contributed by atoms with Gasteiger partial charge < -0.3 is 14.8 Å². The average Bonchev–Trinajstić information content (AvgIpc) is 3.08. The Balaban J connectivity index is 1.33. The van der Waals surface area contributed by atoms with E-state index < -0.39 is 6.09 Å². The van der Waals surface area contributed by atoms with Crippen molar-refractivity contribution >= 4 is 6.09 Å². The van der Waals surface area contributed by atoms with Crippen molar-refractivity contribution in [3.05, 3.63) is 53.3 Å². The predicted molar refractivity (Wildman–Crippen MR) is 135 cm³/mol. The Bertz CT molecular complexity index is 1080. The monoisotopic (exact) mass is 480 g/mol. The van der Waals surface area contributed by atoms with Crippen LogP contribution in [-0.4, -0.2) is 43.3 Å². The fraction of sp³-hybridized carbons (Fsp3) is 0.552. The Morgan fingerprint density at radius 2 is 2.00 bits per heavy atom. The number of rotatable bonds is 7. The molecule has 3 saturated heterocycles. The summed E-state index contributed by atoms with van der Waals surface area (Å²) in [5.41, 5.74) is 3.03. The average molecular weight is 481 g/mol. The number of fused-ring (bicyclic) bond motifs is 4. The highest BCUT2D eigenvalue weighted by Crippen LogP contribution is 2.47. The highest BCUT2D eigenvalue weighted by atomic mass is 19.1. The lowest BCUT2D eigenvalue weighted by Crippen LogP contribution is -2.53. The maximum atomic E-state index is 15.4. The van der Waals surface area contributed by atoms with Crippen LogP contribution in [0.3, 0.4) is 0 Å². The van der Waals surface area contributed by atoms with Gasteiger partial charge >= 0.3 is 6.09 Å². The first-order valence-corrected chi connectivity index (χ1v) is 13.1. The maximum absolute atomic E-state index is 15.4. The topological polar surface area (TPSA) is 50.8 Å². The standard InChI is InChI=1S/C29H37FN2O3/c1-4-5-13-34-22-8-6-7-20(14-22)23-15-21-17-29(2,3)27(24(21)16-25(23)30)31-28(33)35-26-18-32-11-9-19(26)10-12-32/h6-8,14-16,19,26-27H,4-5,9-13,17-18H2,1-3H3,(H,31,33)/t26-,27-/m0/s1. The van der Waals surface area contributed by atoms with Gasteiger partial charge in [-0.3, -0.25) is 4.90 Å². The minimum Gasteiger partial charge on any atom is -0.494 e. The quantitative estimate of drug-likeness (QED) is 0.486. The third kappa shape index (κ3) is 5.04. The van der Waals surface area contributed by atoms with Crippen LogP contribution in [0, 0.1) is 17.2 Å². The molecule has 1 aliphatic carbocycles. The number of nitrogens with one attached hydrogen (secondary N) is 1. The molecule has 0 aromatic heterocycles. The van der Waals surface area contributed by atoms with E-state index in [1.807, 2.05) is 30.3 Å². The number of carbonyl (C=O) groups is 1. The van der Waals surface area contributed by atoms with Crippen LogP contribution in [0.15, 0.2) is 36.4 Å². The summed E-state index contributed by atoms with van der Waals surface area (Å²) in [5.74, 6) is 0.923. The van der Waals surface area contributed by atoms with Crippen LogP contribution in [-0.2, 0) is 11.2 Å². The van der Waals surface area contributed by atoms with Crippen LogP contribution in [0.25, 0.3) is 11.1 Å². The normalized spacial score (nSPS) is 26.3. The molecule has 1 amide bonds. The summed E-state index contributed by atoms with van der Waals surface area (Å²) < 4.78 is 27.1. The van der Waals surface area contributed by atoms with Crippen LogP contribution in [0.5, 0.6) is 5.75 Å². The van der Waals surface area contributed by atoms with Crippen molar-refractivity contribution in [2.24, 2.45) is 11.3 Å². The molecule has 2 aromatic carbocycles. The van der Waals surface area contributed by atoms with Gasteiger partial charge in [0.1, 0.15) is 17.7 Å². The Morgan fingerprint density at radius 3 is 2.71 bits per heavy atom. The van der Waals surface area contributed by atoms with E-state index in [1.165, 1.54) is 0 Å². The zero-order valence-corrected chi connectivity index (χ0v) is 21.1. The van der Waals surface area contributed by atoms with Gasteiger partial charge in [0, 0.05) is 12.1 Å². The summed E-state index contributed by atoms with van der Waals surface area (Å²) in [4.78, 5) is 15.3. The largest absolute Gasteiger partial charge is 0.494 e. The molecule has 188 valence electrons. The molecule has 0 spiro atoms. The molecule has 0 unspecified atom stereocenters. The number of halogens is 1. The minimum atomic E-state index is -0.393. The van der Waals surface area contributed by atoms with Gasteiger partial charge in [-0.25, -0.2) is 9.18 Å². The summed E-state index contributed by atoms with van der Waals surface area (Å²) in [7, 11) is 0.